The van der Waals surface area contributed by atoms with Crippen LogP contribution in [0.4, 0.5) is 0 Å². The molecule has 2 nitrogen and oxygen atoms in total. The van der Waals surface area contributed by atoms with Crippen molar-refractivity contribution in [1.82, 2.24) is 0 Å². The van der Waals surface area contributed by atoms with Crippen molar-refractivity contribution in [2.45, 2.75) is 31.7 Å². The van der Waals surface area contributed by atoms with E-state index in [4.69, 9.17) is 11.0 Å². The minimum Gasteiger partial charge on any atom is -0.328 e. The topological polar surface area (TPSA) is 49.8 Å². The van der Waals surface area contributed by atoms with Crippen LogP contribution in [0.5, 0.6) is 0 Å². The van der Waals surface area contributed by atoms with Crippen LogP contribution >= 0.6 is 0 Å². The van der Waals surface area contributed by atoms with Gasteiger partial charge in [0.2, 0.25) is 0 Å². The monoisotopic (exact) mass is 148 g/mol. The molecular weight excluding hydrogens is 136 g/mol. The van der Waals surface area contributed by atoms with Crippen molar-refractivity contribution in [3.8, 4) is 17.9 Å². The van der Waals surface area contributed by atoms with E-state index in [1.54, 1.807) is 0 Å². The Hall–Kier alpha value is -0.990. The average Bonchev–Trinajstić information content (AvgIpc) is 2.04. The zero-order valence-electron chi connectivity index (χ0n) is 6.51. The first-order chi connectivity index (χ1) is 5.33. The molecule has 0 atom stereocenters. The van der Waals surface area contributed by atoms with E-state index in [-0.39, 0.29) is 0 Å². The lowest BCUT2D eigenvalue weighted by Gasteiger charge is -2.21. The van der Waals surface area contributed by atoms with E-state index in [1.807, 2.05) is 6.07 Å². The molecule has 0 aromatic carbocycles. The maximum absolute atomic E-state index is 8.20. The highest BCUT2D eigenvalue weighted by Crippen LogP contribution is 2.21. The Morgan fingerprint density at radius 3 is 2.36 bits per heavy atom. The molecule has 0 unspecified atom stereocenters. The molecule has 0 aromatic heterocycles. The van der Waals surface area contributed by atoms with Gasteiger partial charge in [0.15, 0.2) is 6.07 Å². The minimum absolute atomic E-state index is 0.370. The highest BCUT2D eigenvalue weighted by molar-refractivity contribution is 5.18. The second-order valence-corrected chi connectivity index (χ2v) is 2.99. The number of rotatable bonds is 0. The average molecular weight is 148 g/mol. The molecule has 1 rings (SSSR count). The van der Waals surface area contributed by atoms with Gasteiger partial charge in [-0.1, -0.05) is 5.92 Å². The van der Waals surface area contributed by atoms with E-state index in [0.717, 1.165) is 25.7 Å². The summed E-state index contributed by atoms with van der Waals surface area (Å²) in [7, 11) is 0. The van der Waals surface area contributed by atoms with E-state index >= 15 is 0 Å². The lowest BCUT2D eigenvalue weighted by Crippen LogP contribution is -2.25. The van der Waals surface area contributed by atoms with Gasteiger partial charge in [-0.05, 0) is 25.7 Å². The second kappa shape index (κ2) is 4.01. The maximum Gasteiger partial charge on any atom is 0.152 e. The quantitative estimate of drug-likeness (QED) is 0.521. The Morgan fingerprint density at radius 2 is 1.82 bits per heavy atom. The van der Waals surface area contributed by atoms with Crippen LogP contribution in [-0.2, 0) is 0 Å². The van der Waals surface area contributed by atoms with Crippen LogP contribution in [0.25, 0.3) is 0 Å². The van der Waals surface area contributed by atoms with Gasteiger partial charge < -0.3 is 5.73 Å². The first-order valence-corrected chi connectivity index (χ1v) is 3.98. The summed E-state index contributed by atoms with van der Waals surface area (Å²) in [5.41, 5.74) is 5.71. The number of nitrogens with zero attached hydrogens (tertiary/aromatic N) is 1. The van der Waals surface area contributed by atoms with Gasteiger partial charge >= 0.3 is 0 Å². The molecule has 2 N–H and O–H groups in total. The summed E-state index contributed by atoms with van der Waals surface area (Å²) in [6.45, 7) is 0. The summed E-state index contributed by atoms with van der Waals surface area (Å²) in [6.07, 6.45) is 4.25. The van der Waals surface area contributed by atoms with Crippen molar-refractivity contribution in [3.05, 3.63) is 0 Å². The molecule has 1 fully saturated rings. The van der Waals surface area contributed by atoms with Gasteiger partial charge in [-0.15, -0.1) is 0 Å². The molecule has 0 amide bonds. The molecule has 0 bridgehead atoms. The molecule has 0 radical (unpaired) electrons. The SMILES string of the molecule is N#CC#CC1CCC(N)CC1. The molecule has 58 valence electrons. The Morgan fingerprint density at radius 1 is 1.18 bits per heavy atom. The van der Waals surface area contributed by atoms with E-state index in [2.05, 4.69) is 11.8 Å². The molecule has 1 saturated carbocycles. The number of nitriles is 1. The Kier molecular flexibility index (Phi) is 2.95. The highest BCUT2D eigenvalue weighted by atomic mass is 14.6. The third kappa shape index (κ3) is 2.62. The maximum atomic E-state index is 8.20. The predicted octanol–water partition coefficient (Wildman–Crippen LogP) is 1.03. The van der Waals surface area contributed by atoms with Gasteiger partial charge in [0.1, 0.15) is 0 Å². The van der Waals surface area contributed by atoms with Crippen molar-refractivity contribution in [3.63, 3.8) is 0 Å². The molecule has 1 aliphatic rings. The fraction of sp³-hybridized carbons (Fsp3) is 0.667. The van der Waals surface area contributed by atoms with Crippen LogP contribution in [0, 0.1) is 29.1 Å². The predicted molar refractivity (Wildman–Crippen MR) is 43.3 cm³/mol. The van der Waals surface area contributed by atoms with Crippen LogP contribution in [0.3, 0.4) is 0 Å². The van der Waals surface area contributed by atoms with Crippen LogP contribution in [0.1, 0.15) is 25.7 Å². The summed E-state index contributed by atoms with van der Waals surface area (Å²) in [4.78, 5) is 0. The van der Waals surface area contributed by atoms with Crippen LogP contribution in [-0.4, -0.2) is 6.04 Å². The highest BCUT2D eigenvalue weighted by Gasteiger charge is 2.15. The molecule has 0 saturated heterocycles. The molecule has 0 aliphatic heterocycles. The standard InChI is InChI=1S/C9H12N2/c10-7-1-2-8-3-5-9(11)6-4-8/h8-9H,3-6,11H2. The second-order valence-electron chi connectivity index (χ2n) is 2.99. The fourth-order valence-corrected chi connectivity index (χ4v) is 1.40. The lowest BCUT2D eigenvalue weighted by atomic mass is 9.87. The zero-order valence-corrected chi connectivity index (χ0v) is 6.51. The summed E-state index contributed by atoms with van der Waals surface area (Å²) < 4.78 is 0. The number of nitrogens with two attached hydrogens (primary N) is 1. The third-order valence-electron chi connectivity index (χ3n) is 2.10. The van der Waals surface area contributed by atoms with Crippen molar-refractivity contribution < 1.29 is 0 Å². The molecule has 1 aliphatic carbocycles. The van der Waals surface area contributed by atoms with Crippen molar-refractivity contribution in [1.29, 1.82) is 5.26 Å². The summed E-state index contributed by atoms with van der Waals surface area (Å²) in [6, 6.07) is 2.20. The molecule has 0 heterocycles. The van der Waals surface area contributed by atoms with Crippen LogP contribution < -0.4 is 5.73 Å². The number of hydrogen-bond donors (Lipinski definition) is 1. The van der Waals surface area contributed by atoms with E-state index in [0.29, 0.717) is 12.0 Å². The first-order valence-electron chi connectivity index (χ1n) is 3.98. The van der Waals surface area contributed by atoms with Gasteiger partial charge in [-0.3, -0.25) is 0 Å². The Balaban J connectivity index is 2.35. The van der Waals surface area contributed by atoms with Crippen molar-refractivity contribution in [2.75, 3.05) is 0 Å². The first kappa shape index (κ1) is 8.11. The molecule has 0 spiro atoms. The van der Waals surface area contributed by atoms with Crippen molar-refractivity contribution >= 4 is 0 Å². The fourth-order valence-electron chi connectivity index (χ4n) is 1.40. The van der Waals surface area contributed by atoms with Gasteiger partial charge in [-0.2, -0.15) is 5.26 Å². The summed E-state index contributed by atoms with van der Waals surface area (Å²) in [5, 5.41) is 8.20. The van der Waals surface area contributed by atoms with Crippen LogP contribution in [0.15, 0.2) is 0 Å². The van der Waals surface area contributed by atoms with E-state index < -0.39 is 0 Å². The third-order valence-corrected chi connectivity index (χ3v) is 2.10. The normalized spacial score (nSPS) is 29.8. The smallest absolute Gasteiger partial charge is 0.152 e. The lowest BCUT2D eigenvalue weighted by molar-refractivity contribution is 0.384. The number of hydrogen-bond acceptors (Lipinski definition) is 2. The van der Waals surface area contributed by atoms with E-state index in [1.165, 1.54) is 0 Å². The molecule has 0 aromatic rings. The Labute approximate surface area is 67.4 Å². The van der Waals surface area contributed by atoms with E-state index in [9.17, 15) is 0 Å². The molecular formula is C9H12N2. The minimum atomic E-state index is 0.370. The van der Waals surface area contributed by atoms with Gasteiger partial charge in [0, 0.05) is 17.9 Å². The largest absolute Gasteiger partial charge is 0.328 e. The van der Waals surface area contributed by atoms with Crippen molar-refractivity contribution in [2.24, 2.45) is 11.7 Å². The summed E-state index contributed by atoms with van der Waals surface area (Å²) >= 11 is 0. The molecule has 11 heavy (non-hydrogen) atoms. The van der Waals surface area contributed by atoms with Gasteiger partial charge in [0.05, 0.1) is 0 Å². The van der Waals surface area contributed by atoms with Gasteiger partial charge in [-0.25, -0.2) is 0 Å². The zero-order chi connectivity index (χ0) is 8.10. The molecule has 2 heteroatoms. The van der Waals surface area contributed by atoms with Gasteiger partial charge in [0.25, 0.3) is 0 Å². The summed E-state index contributed by atoms with van der Waals surface area (Å²) in [5.74, 6) is 5.80. The Bertz CT molecular complexity index is 208. The van der Waals surface area contributed by atoms with Crippen LogP contribution in [0.2, 0.25) is 0 Å².